The van der Waals surface area contributed by atoms with Crippen molar-refractivity contribution < 1.29 is 23.1 Å². The van der Waals surface area contributed by atoms with Crippen LogP contribution in [0.5, 0.6) is 0 Å². The van der Waals surface area contributed by atoms with Gasteiger partial charge in [0.15, 0.2) is 17.7 Å². The Morgan fingerprint density at radius 1 is 1.27 bits per heavy atom. The summed E-state index contributed by atoms with van der Waals surface area (Å²) in [6, 6.07) is 6.75. The van der Waals surface area contributed by atoms with E-state index in [4.69, 9.17) is 11.6 Å². The first-order chi connectivity index (χ1) is 15.4. The summed E-state index contributed by atoms with van der Waals surface area (Å²) < 4.78 is 41.6. The van der Waals surface area contributed by atoms with E-state index < -0.39 is 24.0 Å². The second kappa shape index (κ2) is 9.70. The van der Waals surface area contributed by atoms with Gasteiger partial charge in [-0.3, -0.25) is 4.79 Å². The highest BCUT2D eigenvalue weighted by Gasteiger charge is 2.36. The molecular formula is C21H20BrClF3N5O2. The van der Waals surface area contributed by atoms with Gasteiger partial charge in [-0.25, -0.2) is 9.67 Å². The van der Waals surface area contributed by atoms with Gasteiger partial charge in [0.2, 0.25) is 0 Å². The predicted octanol–water partition coefficient (Wildman–Crippen LogP) is 5.25. The molecule has 7 nitrogen and oxygen atoms in total. The van der Waals surface area contributed by atoms with Crippen molar-refractivity contribution in [1.82, 2.24) is 20.1 Å². The van der Waals surface area contributed by atoms with Crippen LogP contribution in [0.4, 0.5) is 18.9 Å². The van der Waals surface area contributed by atoms with Gasteiger partial charge in [0.25, 0.3) is 5.91 Å². The van der Waals surface area contributed by atoms with E-state index in [0.29, 0.717) is 16.1 Å². The number of aliphatic hydroxyl groups is 1. The molecule has 176 valence electrons. The number of aromatic nitrogens is 3. The lowest BCUT2D eigenvalue weighted by Gasteiger charge is -2.21. The molecule has 1 atom stereocenters. The number of aryl methyl sites for hydroxylation is 1. The lowest BCUT2D eigenvalue weighted by Crippen LogP contribution is -2.31. The number of anilines is 1. The van der Waals surface area contributed by atoms with E-state index in [9.17, 15) is 23.1 Å². The molecule has 2 heterocycles. The van der Waals surface area contributed by atoms with Crippen LogP contribution < -0.4 is 10.6 Å². The molecule has 33 heavy (non-hydrogen) atoms. The van der Waals surface area contributed by atoms with Gasteiger partial charge in [-0.15, -0.1) is 0 Å². The van der Waals surface area contributed by atoms with Gasteiger partial charge < -0.3 is 15.7 Å². The number of hydrogen-bond acceptors (Lipinski definition) is 5. The third-order valence-electron chi connectivity index (χ3n) is 4.49. The molecule has 0 saturated heterocycles. The Balaban J connectivity index is 2.09. The molecular weight excluding hydrogens is 527 g/mol. The molecule has 1 unspecified atom stereocenters. The maximum atomic E-state index is 13.4. The Morgan fingerprint density at radius 3 is 2.58 bits per heavy atom. The number of aliphatic hydroxyl groups excluding tert-OH is 1. The third kappa shape index (κ3) is 5.66. The molecule has 0 aliphatic rings. The van der Waals surface area contributed by atoms with E-state index in [2.05, 4.69) is 36.6 Å². The van der Waals surface area contributed by atoms with Crippen molar-refractivity contribution in [2.24, 2.45) is 0 Å². The zero-order valence-electron chi connectivity index (χ0n) is 17.7. The summed E-state index contributed by atoms with van der Waals surface area (Å²) in [6.45, 7) is 5.27. The Kier molecular flexibility index (Phi) is 7.35. The second-order valence-electron chi connectivity index (χ2n) is 7.49. The van der Waals surface area contributed by atoms with Crippen LogP contribution in [0.25, 0.3) is 5.82 Å². The zero-order valence-corrected chi connectivity index (χ0v) is 20.0. The minimum Gasteiger partial charge on any atom is -0.368 e. The lowest BCUT2D eigenvalue weighted by molar-refractivity contribution is -0.141. The Labute approximate surface area is 201 Å². The van der Waals surface area contributed by atoms with Gasteiger partial charge in [0.05, 0.1) is 22.0 Å². The molecule has 3 aromatic rings. The van der Waals surface area contributed by atoms with Crippen molar-refractivity contribution in [3.8, 4) is 5.82 Å². The van der Waals surface area contributed by atoms with Crippen molar-refractivity contribution in [2.45, 2.75) is 39.2 Å². The quantitative estimate of drug-likeness (QED) is 0.367. The Morgan fingerprint density at radius 2 is 1.97 bits per heavy atom. The average Bonchev–Trinajstić information content (AvgIpc) is 3.15. The van der Waals surface area contributed by atoms with Gasteiger partial charge in [0.1, 0.15) is 0 Å². The van der Waals surface area contributed by atoms with Crippen LogP contribution in [-0.2, 0) is 6.18 Å². The molecule has 12 heteroatoms. The first-order valence-electron chi connectivity index (χ1n) is 9.72. The first-order valence-corrected chi connectivity index (χ1v) is 10.9. The van der Waals surface area contributed by atoms with Crippen LogP contribution in [0.2, 0.25) is 5.02 Å². The van der Waals surface area contributed by atoms with Gasteiger partial charge in [-0.05, 0) is 56.7 Å². The summed E-state index contributed by atoms with van der Waals surface area (Å²) in [7, 11) is 0. The number of nitrogens with zero attached hydrogens (tertiary/aromatic N) is 3. The highest BCUT2D eigenvalue weighted by Crippen LogP contribution is 2.34. The van der Waals surface area contributed by atoms with Crippen molar-refractivity contribution >= 4 is 39.1 Å². The molecule has 3 rings (SSSR count). The van der Waals surface area contributed by atoms with E-state index in [0.717, 1.165) is 4.68 Å². The second-order valence-corrected chi connectivity index (χ2v) is 8.82. The average molecular weight is 547 g/mol. The number of pyridine rings is 1. The summed E-state index contributed by atoms with van der Waals surface area (Å²) in [6.07, 6.45) is -5.11. The molecule has 1 aromatic carbocycles. The normalized spacial score (nSPS) is 12.7. The summed E-state index contributed by atoms with van der Waals surface area (Å²) >= 11 is 9.45. The fourth-order valence-electron chi connectivity index (χ4n) is 3.10. The van der Waals surface area contributed by atoms with Gasteiger partial charge in [-0.1, -0.05) is 27.5 Å². The largest absolute Gasteiger partial charge is 0.435 e. The molecule has 0 saturated carbocycles. The van der Waals surface area contributed by atoms with Gasteiger partial charge in [-0.2, -0.15) is 18.3 Å². The number of alkyl halides is 3. The topological polar surface area (TPSA) is 92.1 Å². The van der Waals surface area contributed by atoms with Crippen LogP contribution in [0.3, 0.4) is 0 Å². The highest BCUT2D eigenvalue weighted by molar-refractivity contribution is 9.10. The van der Waals surface area contributed by atoms with Crippen LogP contribution in [-0.4, -0.2) is 31.8 Å². The van der Waals surface area contributed by atoms with E-state index in [1.165, 1.54) is 18.3 Å². The molecule has 0 radical (unpaired) electrons. The fraction of sp³-hybridized carbons (Fsp3) is 0.286. The minimum atomic E-state index is -4.77. The highest BCUT2D eigenvalue weighted by atomic mass is 79.9. The zero-order chi connectivity index (χ0) is 24.5. The maximum Gasteiger partial charge on any atom is 0.435 e. The Hall–Kier alpha value is -2.63. The number of halogens is 5. The molecule has 0 fully saturated rings. The SMILES string of the molecule is Cc1cc(Br)cc(C(=O)NC(C)C)c1NC(O)c1cc(C(F)(F)F)nn1-c1ncccc1Cl. The molecule has 0 spiro atoms. The number of carbonyl (C=O) groups is 1. The number of nitrogens with one attached hydrogen (secondary N) is 2. The Bertz CT molecular complexity index is 1180. The van der Waals surface area contributed by atoms with Crippen LogP contribution in [0.15, 0.2) is 41.0 Å². The van der Waals surface area contributed by atoms with Crippen LogP contribution in [0, 0.1) is 6.92 Å². The molecule has 3 N–H and O–H groups in total. The number of amides is 1. The van der Waals surface area contributed by atoms with Crippen molar-refractivity contribution in [1.29, 1.82) is 0 Å². The standard InChI is InChI=1S/C21H20BrClF3N5O2/c1-10(2)28-19(32)13-8-12(22)7-11(3)17(13)29-20(33)15-9-16(21(24,25)26)30-31(15)18-14(23)5-4-6-27-18/h4-10,20,29,33H,1-3H3,(H,28,32). The van der Waals surface area contributed by atoms with E-state index in [1.807, 2.05) is 0 Å². The number of carbonyl (C=O) groups excluding carboxylic acids is 1. The van der Waals surface area contributed by atoms with Gasteiger partial charge >= 0.3 is 6.18 Å². The molecule has 0 aliphatic heterocycles. The predicted molar refractivity (Wildman–Crippen MR) is 121 cm³/mol. The molecule has 1 amide bonds. The van der Waals surface area contributed by atoms with E-state index in [1.54, 1.807) is 32.9 Å². The summed E-state index contributed by atoms with van der Waals surface area (Å²) in [4.78, 5) is 16.7. The summed E-state index contributed by atoms with van der Waals surface area (Å²) in [5.74, 6) is -0.503. The van der Waals surface area contributed by atoms with Crippen LogP contribution in [0.1, 0.15) is 47.4 Å². The number of rotatable bonds is 6. The molecule has 0 bridgehead atoms. The third-order valence-corrected chi connectivity index (χ3v) is 5.25. The van der Waals surface area contributed by atoms with Crippen LogP contribution >= 0.6 is 27.5 Å². The minimum absolute atomic E-state index is 0.0413. The van der Waals surface area contributed by atoms with E-state index in [-0.39, 0.29) is 33.8 Å². The molecule has 2 aromatic heterocycles. The van der Waals surface area contributed by atoms with E-state index >= 15 is 0 Å². The summed E-state index contributed by atoms with van der Waals surface area (Å²) in [5.41, 5.74) is -0.467. The number of benzene rings is 1. The molecule has 0 aliphatic carbocycles. The summed E-state index contributed by atoms with van der Waals surface area (Å²) in [5, 5.41) is 20.0. The van der Waals surface area contributed by atoms with Crippen molar-refractivity contribution in [3.05, 3.63) is 68.5 Å². The van der Waals surface area contributed by atoms with Crippen molar-refractivity contribution in [2.75, 3.05) is 5.32 Å². The maximum absolute atomic E-state index is 13.4. The monoisotopic (exact) mass is 545 g/mol. The smallest absolute Gasteiger partial charge is 0.368 e. The lowest BCUT2D eigenvalue weighted by atomic mass is 10.1. The van der Waals surface area contributed by atoms with Crippen molar-refractivity contribution in [3.63, 3.8) is 0 Å². The fourth-order valence-corrected chi connectivity index (χ4v) is 3.87. The first kappa shape index (κ1) is 25.0. The van der Waals surface area contributed by atoms with Gasteiger partial charge in [0, 0.05) is 16.7 Å². The number of hydrogen-bond donors (Lipinski definition) is 3.